The molecule has 0 saturated heterocycles. The Morgan fingerprint density at radius 3 is 2.62 bits per heavy atom. The van der Waals surface area contributed by atoms with Gasteiger partial charge in [-0.15, -0.1) is 0 Å². The number of hydrogen-bond donors (Lipinski definition) is 1. The smallest absolute Gasteiger partial charge is 0.269 e. The lowest BCUT2D eigenvalue weighted by Crippen LogP contribution is -2.15. The van der Waals surface area contributed by atoms with E-state index in [4.69, 9.17) is 9.47 Å². The van der Waals surface area contributed by atoms with Crippen molar-refractivity contribution in [2.75, 3.05) is 25.3 Å². The van der Waals surface area contributed by atoms with E-state index in [1.807, 2.05) is 0 Å². The molecule has 2 aromatic carbocycles. The number of rotatable bonds is 8. The lowest BCUT2D eigenvalue weighted by atomic mass is 10.2. The molecule has 150 valence electrons. The van der Waals surface area contributed by atoms with Crippen molar-refractivity contribution in [1.29, 1.82) is 0 Å². The van der Waals surface area contributed by atoms with Crippen molar-refractivity contribution in [2.45, 2.75) is 5.16 Å². The molecule has 3 rings (SSSR count). The van der Waals surface area contributed by atoms with Crippen LogP contribution >= 0.6 is 11.8 Å². The van der Waals surface area contributed by atoms with Crippen molar-refractivity contribution in [2.24, 2.45) is 0 Å². The van der Waals surface area contributed by atoms with Gasteiger partial charge in [-0.3, -0.25) is 19.5 Å². The summed E-state index contributed by atoms with van der Waals surface area (Å²) in [6.07, 6.45) is 3.33. The second-order valence-electron chi connectivity index (χ2n) is 5.76. The first-order valence-corrected chi connectivity index (χ1v) is 9.43. The Kier molecular flexibility index (Phi) is 6.35. The lowest BCUT2D eigenvalue weighted by molar-refractivity contribution is -0.384. The summed E-state index contributed by atoms with van der Waals surface area (Å²) in [6.45, 7) is 0. The topological polar surface area (TPSA) is 109 Å². The number of aromatic nitrogens is 2. The third-order valence-corrected chi connectivity index (χ3v) is 4.93. The molecule has 3 aromatic rings. The first kappa shape index (κ1) is 20.2. The molecule has 1 amide bonds. The second-order valence-corrected chi connectivity index (χ2v) is 6.70. The average Bonchev–Trinajstić information content (AvgIpc) is 3.21. The maximum atomic E-state index is 12.4. The van der Waals surface area contributed by atoms with Gasteiger partial charge in [0.15, 0.2) is 5.16 Å². The molecule has 0 fully saturated rings. The van der Waals surface area contributed by atoms with Gasteiger partial charge < -0.3 is 14.8 Å². The van der Waals surface area contributed by atoms with Crippen molar-refractivity contribution >= 4 is 29.0 Å². The fraction of sp³-hybridized carbons (Fsp3) is 0.158. The van der Waals surface area contributed by atoms with Crippen LogP contribution in [0, 0.1) is 10.1 Å². The van der Waals surface area contributed by atoms with Crippen LogP contribution < -0.4 is 14.8 Å². The Labute approximate surface area is 170 Å². The van der Waals surface area contributed by atoms with Crippen LogP contribution in [0.25, 0.3) is 5.69 Å². The number of hydrogen-bond acceptors (Lipinski definition) is 7. The van der Waals surface area contributed by atoms with Crippen LogP contribution in [-0.2, 0) is 4.79 Å². The van der Waals surface area contributed by atoms with E-state index in [9.17, 15) is 14.9 Å². The molecule has 0 aliphatic carbocycles. The summed E-state index contributed by atoms with van der Waals surface area (Å²) < 4.78 is 12.2. The predicted octanol–water partition coefficient (Wildman–Crippen LogP) is 3.53. The van der Waals surface area contributed by atoms with Gasteiger partial charge in [0, 0.05) is 36.3 Å². The highest BCUT2D eigenvalue weighted by atomic mass is 32.2. The molecule has 0 spiro atoms. The zero-order valence-corrected chi connectivity index (χ0v) is 16.5. The van der Waals surface area contributed by atoms with Crippen molar-refractivity contribution in [3.05, 3.63) is 65.0 Å². The molecule has 0 radical (unpaired) electrons. The highest BCUT2D eigenvalue weighted by Gasteiger charge is 2.13. The Morgan fingerprint density at radius 2 is 1.97 bits per heavy atom. The molecule has 1 N–H and O–H groups in total. The summed E-state index contributed by atoms with van der Waals surface area (Å²) in [6, 6.07) is 11.2. The van der Waals surface area contributed by atoms with Gasteiger partial charge >= 0.3 is 0 Å². The van der Waals surface area contributed by atoms with E-state index >= 15 is 0 Å². The molecule has 0 bridgehead atoms. The minimum Gasteiger partial charge on any atom is -0.497 e. The van der Waals surface area contributed by atoms with E-state index in [0.717, 1.165) is 0 Å². The second kappa shape index (κ2) is 9.11. The SMILES string of the molecule is COc1ccc(OC)c(NC(=O)CSc2nccn2-c2ccc([N+](=O)[O-])cc2)c1. The van der Waals surface area contributed by atoms with Crippen LogP contribution in [-0.4, -0.2) is 40.4 Å². The van der Waals surface area contributed by atoms with Gasteiger partial charge in [-0.2, -0.15) is 0 Å². The van der Waals surface area contributed by atoms with Gasteiger partial charge in [0.2, 0.25) is 5.91 Å². The average molecular weight is 414 g/mol. The number of nitrogens with one attached hydrogen (secondary N) is 1. The highest BCUT2D eigenvalue weighted by Crippen LogP contribution is 2.29. The Bertz CT molecular complexity index is 1020. The van der Waals surface area contributed by atoms with E-state index in [2.05, 4.69) is 10.3 Å². The van der Waals surface area contributed by atoms with E-state index in [-0.39, 0.29) is 17.3 Å². The standard InChI is InChI=1S/C19H18N4O5S/c1-27-15-7-8-17(28-2)16(11-15)21-18(24)12-29-19-20-9-10-22(19)13-3-5-14(6-4-13)23(25)26/h3-11H,12H2,1-2H3,(H,21,24). The van der Waals surface area contributed by atoms with Crippen LogP contribution in [0.2, 0.25) is 0 Å². The Balaban J connectivity index is 1.68. The fourth-order valence-corrected chi connectivity index (χ4v) is 3.33. The van der Waals surface area contributed by atoms with Gasteiger partial charge in [0.25, 0.3) is 5.69 Å². The summed E-state index contributed by atoms with van der Waals surface area (Å²) >= 11 is 1.24. The molecule has 0 atom stereocenters. The monoisotopic (exact) mass is 414 g/mol. The van der Waals surface area contributed by atoms with Gasteiger partial charge in [0.05, 0.1) is 30.6 Å². The molecule has 1 heterocycles. The number of carbonyl (C=O) groups is 1. The summed E-state index contributed by atoms with van der Waals surface area (Å²) in [4.78, 5) is 27.0. The third kappa shape index (κ3) is 4.85. The number of thioether (sulfide) groups is 1. The molecule has 10 heteroatoms. The molecule has 9 nitrogen and oxygen atoms in total. The zero-order chi connectivity index (χ0) is 20.8. The number of nitro benzene ring substituents is 1. The van der Waals surface area contributed by atoms with Crippen LogP contribution in [0.15, 0.2) is 60.0 Å². The van der Waals surface area contributed by atoms with Crippen molar-refractivity contribution in [3.8, 4) is 17.2 Å². The van der Waals surface area contributed by atoms with E-state index in [1.54, 1.807) is 54.4 Å². The van der Waals surface area contributed by atoms with Crippen molar-refractivity contribution in [3.63, 3.8) is 0 Å². The molecular weight excluding hydrogens is 396 g/mol. The number of nitro groups is 1. The molecule has 29 heavy (non-hydrogen) atoms. The quantitative estimate of drug-likeness (QED) is 0.341. The number of nitrogens with zero attached hydrogens (tertiary/aromatic N) is 3. The maximum absolute atomic E-state index is 12.4. The maximum Gasteiger partial charge on any atom is 0.269 e. The number of amides is 1. The molecule has 0 aliphatic heterocycles. The number of benzene rings is 2. The van der Waals surface area contributed by atoms with Crippen LogP contribution in [0.4, 0.5) is 11.4 Å². The van der Waals surface area contributed by atoms with E-state index in [1.165, 1.54) is 31.0 Å². The summed E-state index contributed by atoms with van der Waals surface area (Å²) in [7, 11) is 3.06. The predicted molar refractivity (Wildman–Crippen MR) is 109 cm³/mol. The first-order valence-electron chi connectivity index (χ1n) is 8.44. The minimum absolute atomic E-state index is 0.00897. The molecule has 0 aliphatic rings. The molecule has 0 unspecified atom stereocenters. The third-order valence-electron chi connectivity index (χ3n) is 3.96. The number of non-ortho nitro benzene ring substituents is 1. The van der Waals surface area contributed by atoms with Crippen LogP contribution in [0.5, 0.6) is 11.5 Å². The molecular formula is C19H18N4O5S. The van der Waals surface area contributed by atoms with Gasteiger partial charge in [-0.05, 0) is 24.3 Å². The van der Waals surface area contributed by atoms with Gasteiger partial charge in [-0.25, -0.2) is 4.98 Å². The van der Waals surface area contributed by atoms with Crippen LogP contribution in [0.1, 0.15) is 0 Å². The number of imidazole rings is 1. The number of carbonyl (C=O) groups excluding carboxylic acids is 1. The summed E-state index contributed by atoms with van der Waals surface area (Å²) in [5.41, 5.74) is 1.23. The Morgan fingerprint density at radius 1 is 1.21 bits per heavy atom. The van der Waals surface area contributed by atoms with E-state index < -0.39 is 4.92 Å². The Hall–Kier alpha value is -3.53. The zero-order valence-electron chi connectivity index (χ0n) is 15.7. The highest BCUT2D eigenvalue weighted by molar-refractivity contribution is 7.99. The van der Waals surface area contributed by atoms with Gasteiger partial charge in [0.1, 0.15) is 11.5 Å². The lowest BCUT2D eigenvalue weighted by Gasteiger charge is -2.12. The van der Waals surface area contributed by atoms with E-state index in [0.29, 0.717) is 28.0 Å². The summed E-state index contributed by atoms with van der Waals surface area (Å²) in [5, 5.41) is 14.2. The van der Waals surface area contributed by atoms with Crippen molar-refractivity contribution < 1.29 is 19.2 Å². The van der Waals surface area contributed by atoms with Crippen LogP contribution in [0.3, 0.4) is 0 Å². The molecule has 1 aromatic heterocycles. The number of methoxy groups -OCH3 is 2. The summed E-state index contributed by atoms with van der Waals surface area (Å²) in [5.74, 6) is 1.00. The first-order chi connectivity index (χ1) is 14.0. The number of anilines is 1. The fourth-order valence-electron chi connectivity index (χ4n) is 2.56. The molecule has 0 saturated carbocycles. The van der Waals surface area contributed by atoms with Crippen molar-refractivity contribution in [1.82, 2.24) is 9.55 Å². The largest absolute Gasteiger partial charge is 0.497 e. The van der Waals surface area contributed by atoms with Gasteiger partial charge in [-0.1, -0.05) is 11.8 Å². The normalized spacial score (nSPS) is 10.4. The number of ether oxygens (including phenoxy) is 2. The minimum atomic E-state index is -0.454.